The highest BCUT2D eigenvalue weighted by Gasteiger charge is 2.39. The smallest absolute Gasteiger partial charge is 0.293 e. The minimum atomic E-state index is -0.0717. The monoisotopic (exact) mass is 359 g/mol. The number of hydrogen-bond donors (Lipinski definition) is 1. The van der Waals surface area contributed by atoms with E-state index in [1.54, 1.807) is 4.68 Å². The Bertz CT molecular complexity index is 778. The molecule has 0 bridgehead atoms. The molecular formula is C18H22ClN5O. The van der Waals surface area contributed by atoms with E-state index in [-0.39, 0.29) is 11.7 Å². The Morgan fingerprint density at radius 2 is 2.00 bits per heavy atom. The third-order valence-electron chi connectivity index (χ3n) is 5.10. The number of carbonyl (C=O) groups excluding carboxylic acids is 1. The summed E-state index contributed by atoms with van der Waals surface area (Å²) in [4.78, 5) is 19.3. The maximum Gasteiger partial charge on any atom is 0.293 e. The number of rotatable bonds is 4. The molecule has 2 aliphatic heterocycles. The van der Waals surface area contributed by atoms with Gasteiger partial charge in [-0.3, -0.25) is 4.79 Å². The molecular weight excluding hydrogens is 338 g/mol. The molecule has 1 N–H and O–H groups in total. The van der Waals surface area contributed by atoms with Crippen molar-refractivity contribution < 1.29 is 4.79 Å². The fourth-order valence-corrected chi connectivity index (χ4v) is 4.02. The SMILES string of the molecule is CCCc1nc(C(=O)N2C[C@H]3CNC[C@H]3C2)nn1-c1ccccc1Cl. The van der Waals surface area contributed by atoms with E-state index >= 15 is 0 Å². The normalized spacial score (nSPS) is 22.4. The van der Waals surface area contributed by atoms with Gasteiger partial charge in [0.1, 0.15) is 5.82 Å². The molecule has 1 aromatic carbocycles. The Morgan fingerprint density at radius 3 is 2.68 bits per heavy atom. The van der Waals surface area contributed by atoms with E-state index in [0.717, 1.165) is 50.5 Å². The minimum Gasteiger partial charge on any atom is -0.335 e. The van der Waals surface area contributed by atoms with Crippen LogP contribution in [0.2, 0.25) is 5.02 Å². The van der Waals surface area contributed by atoms with Gasteiger partial charge in [-0.05, 0) is 30.4 Å². The molecule has 4 rings (SSSR count). The molecule has 6 nitrogen and oxygen atoms in total. The number of amides is 1. The lowest BCUT2D eigenvalue weighted by molar-refractivity contribution is 0.0769. The second-order valence-electron chi connectivity index (χ2n) is 6.85. The van der Waals surface area contributed by atoms with Crippen molar-refractivity contribution >= 4 is 17.5 Å². The number of nitrogens with zero attached hydrogens (tertiary/aromatic N) is 4. The van der Waals surface area contributed by atoms with Gasteiger partial charge in [-0.25, -0.2) is 9.67 Å². The lowest BCUT2D eigenvalue weighted by Crippen LogP contribution is -2.32. The standard InChI is InChI=1S/C18H22ClN5O/c1-2-5-16-21-17(22-24(16)15-7-4-3-6-14(15)19)18(25)23-10-12-8-20-9-13(12)11-23/h3-4,6-7,12-13,20H,2,5,8-11H2,1H3/t12-,13+. The number of likely N-dealkylation sites (tertiary alicyclic amines) is 1. The molecule has 1 amide bonds. The molecule has 2 atom stereocenters. The second-order valence-corrected chi connectivity index (χ2v) is 7.26. The highest BCUT2D eigenvalue weighted by molar-refractivity contribution is 6.32. The number of carbonyl (C=O) groups is 1. The molecule has 2 aromatic rings. The van der Waals surface area contributed by atoms with E-state index in [9.17, 15) is 4.79 Å². The number of nitrogens with one attached hydrogen (secondary N) is 1. The van der Waals surface area contributed by atoms with Gasteiger partial charge >= 0.3 is 0 Å². The van der Waals surface area contributed by atoms with E-state index in [2.05, 4.69) is 22.3 Å². The summed E-state index contributed by atoms with van der Waals surface area (Å²) in [7, 11) is 0. The molecule has 0 spiro atoms. The summed E-state index contributed by atoms with van der Waals surface area (Å²) < 4.78 is 1.72. The van der Waals surface area contributed by atoms with Gasteiger partial charge in [0, 0.05) is 32.6 Å². The number of fused-ring (bicyclic) bond motifs is 1. The molecule has 132 valence electrons. The first-order valence-corrected chi connectivity index (χ1v) is 9.26. The summed E-state index contributed by atoms with van der Waals surface area (Å²) in [6.07, 6.45) is 1.68. The lowest BCUT2D eigenvalue weighted by atomic mass is 10.0. The Balaban J connectivity index is 1.63. The zero-order valence-electron chi connectivity index (χ0n) is 14.3. The number of hydrogen-bond acceptors (Lipinski definition) is 4. The topological polar surface area (TPSA) is 63.1 Å². The Labute approximate surface area is 152 Å². The van der Waals surface area contributed by atoms with Crippen LogP contribution in [0, 0.1) is 11.8 Å². The molecule has 3 heterocycles. The largest absolute Gasteiger partial charge is 0.335 e. The van der Waals surface area contributed by atoms with Gasteiger partial charge < -0.3 is 10.2 Å². The number of para-hydroxylation sites is 1. The van der Waals surface area contributed by atoms with Crippen molar-refractivity contribution in [3.05, 3.63) is 40.9 Å². The summed E-state index contributed by atoms with van der Waals surface area (Å²) in [5.74, 6) is 2.10. The maximum absolute atomic E-state index is 12.9. The van der Waals surface area contributed by atoms with Gasteiger partial charge in [0.25, 0.3) is 5.91 Å². The first-order valence-electron chi connectivity index (χ1n) is 8.88. The molecule has 2 aliphatic rings. The van der Waals surface area contributed by atoms with Crippen LogP contribution < -0.4 is 5.32 Å². The minimum absolute atomic E-state index is 0.0717. The highest BCUT2D eigenvalue weighted by Crippen LogP contribution is 2.27. The predicted molar refractivity (Wildman–Crippen MR) is 96.1 cm³/mol. The van der Waals surface area contributed by atoms with Gasteiger partial charge in [-0.2, -0.15) is 0 Å². The number of aryl methyl sites for hydroxylation is 1. The van der Waals surface area contributed by atoms with Crippen LogP contribution in [-0.2, 0) is 6.42 Å². The van der Waals surface area contributed by atoms with E-state index in [1.807, 2.05) is 29.2 Å². The van der Waals surface area contributed by atoms with Crippen LogP contribution in [0.25, 0.3) is 5.69 Å². The predicted octanol–water partition coefficient (Wildman–Crippen LogP) is 2.16. The molecule has 0 saturated carbocycles. The van der Waals surface area contributed by atoms with E-state index in [1.165, 1.54) is 0 Å². The molecule has 0 radical (unpaired) electrons. The fraction of sp³-hybridized carbons (Fsp3) is 0.500. The first kappa shape index (κ1) is 16.5. The van der Waals surface area contributed by atoms with Crippen molar-refractivity contribution in [1.29, 1.82) is 0 Å². The zero-order chi connectivity index (χ0) is 17.4. The molecule has 1 aromatic heterocycles. The molecule has 25 heavy (non-hydrogen) atoms. The van der Waals surface area contributed by atoms with Gasteiger partial charge in [-0.1, -0.05) is 30.7 Å². The Hall–Kier alpha value is -1.92. The zero-order valence-corrected chi connectivity index (χ0v) is 15.0. The van der Waals surface area contributed by atoms with Crippen molar-refractivity contribution in [3.8, 4) is 5.69 Å². The summed E-state index contributed by atoms with van der Waals surface area (Å²) >= 11 is 6.32. The third kappa shape index (κ3) is 3.04. The van der Waals surface area contributed by atoms with Crippen molar-refractivity contribution in [2.75, 3.05) is 26.2 Å². The summed E-state index contributed by atoms with van der Waals surface area (Å²) in [5, 5.41) is 8.51. The van der Waals surface area contributed by atoms with Crippen LogP contribution in [0.4, 0.5) is 0 Å². The molecule has 0 unspecified atom stereocenters. The van der Waals surface area contributed by atoms with Crippen molar-refractivity contribution in [1.82, 2.24) is 25.0 Å². The van der Waals surface area contributed by atoms with Crippen LogP contribution in [0.3, 0.4) is 0 Å². The van der Waals surface area contributed by atoms with Crippen LogP contribution >= 0.6 is 11.6 Å². The van der Waals surface area contributed by atoms with Crippen LogP contribution in [0.15, 0.2) is 24.3 Å². The fourth-order valence-electron chi connectivity index (χ4n) is 3.80. The molecule has 0 aliphatic carbocycles. The van der Waals surface area contributed by atoms with Crippen molar-refractivity contribution in [2.45, 2.75) is 19.8 Å². The average molecular weight is 360 g/mol. The summed E-state index contributed by atoms with van der Waals surface area (Å²) in [6.45, 7) is 5.66. The number of benzene rings is 1. The second kappa shape index (κ2) is 6.77. The van der Waals surface area contributed by atoms with E-state index in [0.29, 0.717) is 16.9 Å². The summed E-state index contributed by atoms with van der Waals surface area (Å²) in [6, 6.07) is 7.51. The van der Waals surface area contributed by atoms with Crippen LogP contribution in [0.5, 0.6) is 0 Å². The van der Waals surface area contributed by atoms with Crippen LogP contribution in [-0.4, -0.2) is 51.8 Å². The lowest BCUT2D eigenvalue weighted by Gasteiger charge is -2.15. The average Bonchev–Trinajstić information content (AvgIpc) is 3.29. The highest BCUT2D eigenvalue weighted by atomic mass is 35.5. The van der Waals surface area contributed by atoms with Gasteiger partial charge in [0.05, 0.1) is 10.7 Å². The van der Waals surface area contributed by atoms with Gasteiger partial charge in [0.2, 0.25) is 5.82 Å². The number of aromatic nitrogens is 3. The quantitative estimate of drug-likeness (QED) is 0.908. The van der Waals surface area contributed by atoms with E-state index in [4.69, 9.17) is 11.6 Å². The molecule has 2 saturated heterocycles. The van der Waals surface area contributed by atoms with Crippen molar-refractivity contribution in [3.63, 3.8) is 0 Å². The number of halogens is 1. The maximum atomic E-state index is 12.9. The molecule has 2 fully saturated rings. The third-order valence-corrected chi connectivity index (χ3v) is 5.42. The molecule has 7 heteroatoms. The van der Waals surface area contributed by atoms with Crippen molar-refractivity contribution in [2.24, 2.45) is 11.8 Å². The van der Waals surface area contributed by atoms with Gasteiger partial charge in [-0.15, -0.1) is 5.10 Å². The Kier molecular flexibility index (Phi) is 4.48. The van der Waals surface area contributed by atoms with Gasteiger partial charge in [0.15, 0.2) is 0 Å². The summed E-state index contributed by atoms with van der Waals surface area (Å²) in [5.41, 5.74) is 0.765. The van der Waals surface area contributed by atoms with E-state index < -0.39 is 0 Å². The Morgan fingerprint density at radius 1 is 1.28 bits per heavy atom. The first-order chi connectivity index (χ1) is 12.2. The van der Waals surface area contributed by atoms with Crippen LogP contribution in [0.1, 0.15) is 29.8 Å².